The Morgan fingerprint density at radius 3 is 1.92 bits per heavy atom. The Balaban J connectivity index is 1.01. The lowest BCUT2D eigenvalue weighted by atomic mass is 10.0. The normalized spacial score (nSPS) is 11.5. The van der Waals surface area contributed by atoms with Gasteiger partial charge >= 0.3 is 0 Å². The summed E-state index contributed by atoms with van der Waals surface area (Å²) in [7, 11) is 0. The van der Waals surface area contributed by atoms with E-state index in [-0.39, 0.29) is 0 Å². The fourth-order valence-corrected chi connectivity index (χ4v) is 7.56. The highest BCUT2D eigenvalue weighted by Crippen LogP contribution is 2.39. The molecule has 8 aromatic carbocycles. The summed E-state index contributed by atoms with van der Waals surface area (Å²) in [4.78, 5) is 0. The van der Waals surface area contributed by atoms with E-state index < -0.39 is 0 Å². The number of furan rings is 1. The number of nitrogen functional groups attached to an aromatic ring is 1. The Morgan fingerprint density at radius 1 is 0.434 bits per heavy atom. The number of aromatic nitrogens is 1. The van der Waals surface area contributed by atoms with E-state index >= 15 is 0 Å². The van der Waals surface area contributed by atoms with E-state index in [1.807, 2.05) is 48.5 Å². The quantitative estimate of drug-likeness (QED) is 0.146. The largest absolute Gasteiger partial charge is 0.455 e. The molecule has 0 saturated carbocycles. The van der Waals surface area contributed by atoms with Gasteiger partial charge in [-0.2, -0.15) is 0 Å². The van der Waals surface area contributed by atoms with Crippen LogP contribution in [0.5, 0.6) is 0 Å². The van der Waals surface area contributed by atoms with Gasteiger partial charge in [0.05, 0.1) is 33.8 Å². The lowest BCUT2D eigenvalue weighted by molar-refractivity contribution is 0.670. The number of nitrogens with zero attached hydrogens (tertiary/aromatic N) is 1. The number of anilines is 5. The van der Waals surface area contributed by atoms with Crippen LogP contribution in [0, 0.1) is 0 Å². The number of fused-ring (bicyclic) bond motifs is 6. The third-order valence-electron chi connectivity index (χ3n) is 10.1. The molecule has 0 bridgehead atoms. The molecule has 0 spiro atoms. The smallest absolute Gasteiger partial charge is 0.143 e. The van der Waals surface area contributed by atoms with Crippen LogP contribution in [0.25, 0.3) is 71.7 Å². The van der Waals surface area contributed by atoms with E-state index in [0.29, 0.717) is 5.69 Å². The number of nitrogens with one attached hydrogen (secondary N) is 2. The third-order valence-corrected chi connectivity index (χ3v) is 10.1. The molecule has 5 nitrogen and oxygen atoms in total. The second kappa shape index (κ2) is 12.5. The molecule has 2 aromatic heterocycles. The van der Waals surface area contributed by atoms with Crippen LogP contribution in [-0.2, 0) is 0 Å². The molecule has 0 unspecified atom stereocenters. The van der Waals surface area contributed by atoms with Crippen molar-refractivity contribution in [3.63, 3.8) is 0 Å². The third kappa shape index (κ3) is 5.34. The van der Waals surface area contributed by atoms with Gasteiger partial charge in [0.25, 0.3) is 0 Å². The van der Waals surface area contributed by atoms with Gasteiger partial charge in [0, 0.05) is 38.5 Å². The maximum Gasteiger partial charge on any atom is 0.143 e. The standard InChI is InChI=1S/C48H34N4O/c49-41-27-23-33(30-44(41)51-43-18-7-6-17-42(43)50-34-11-2-1-3-12-34)32-24-28-46-40(29-32)37-13-4-8-19-45(37)52(46)35-25-21-31(22-26-35)36-15-10-16-39-38-14-5-9-20-47(38)53-48(36)39/h1-30,50-51H,49H2. The van der Waals surface area contributed by atoms with Gasteiger partial charge in [-0.1, -0.05) is 109 Å². The van der Waals surface area contributed by atoms with Crippen LogP contribution in [-0.4, -0.2) is 4.57 Å². The van der Waals surface area contributed by atoms with Gasteiger partial charge < -0.3 is 25.4 Å². The number of hydrogen-bond acceptors (Lipinski definition) is 4. The molecular weight excluding hydrogens is 649 g/mol. The van der Waals surface area contributed by atoms with Gasteiger partial charge in [-0.15, -0.1) is 0 Å². The van der Waals surface area contributed by atoms with Gasteiger partial charge in [0.15, 0.2) is 0 Å². The van der Waals surface area contributed by atoms with E-state index in [1.54, 1.807) is 0 Å². The fraction of sp³-hybridized carbons (Fsp3) is 0. The van der Waals surface area contributed by atoms with Gasteiger partial charge in [-0.3, -0.25) is 0 Å². The van der Waals surface area contributed by atoms with Crippen LogP contribution in [0.15, 0.2) is 186 Å². The summed E-state index contributed by atoms with van der Waals surface area (Å²) < 4.78 is 8.71. The van der Waals surface area contributed by atoms with Crippen molar-refractivity contribution in [2.45, 2.75) is 0 Å². The summed E-state index contributed by atoms with van der Waals surface area (Å²) >= 11 is 0. The number of para-hydroxylation sites is 6. The van der Waals surface area contributed by atoms with Crippen LogP contribution in [0.1, 0.15) is 0 Å². The summed E-state index contributed by atoms with van der Waals surface area (Å²) in [6.07, 6.45) is 0. The molecule has 10 aromatic rings. The average Bonchev–Trinajstić information content (AvgIpc) is 3.76. The van der Waals surface area contributed by atoms with E-state index in [4.69, 9.17) is 10.2 Å². The van der Waals surface area contributed by atoms with Crippen LogP contribution in [0.2, 0.25) is 0 Å². The first-order valence-electron chi connectivity index (χ1n) is 17.8. The molecule has 0 saturated heterocycles. The minimum absolute atomic E-state index is 0.681. The summed E-state index contributed by atoms with van der Waals surface area (Å²) in [6.45, 7) is 0. The minimum atomic E-state index is 0.681. The Hall–Kier alpha value is -7.24. The Morgan fingerprint density at radius 2 is 1.08 bits per heavy atom. The minimum Gasteiger partial charge on any atom is -0.455 e. The molecular formula is C48H34N4O. The first-order valence-corrected chi connectivity index (χ1v) is 17.8. The Kier molecular flexibility index (Phi) is 7.22. The predicted octanol–water partition coefficient (Wildman–Crippen LogP) is 13.1. The van der Waals surface area contributed by atoms with E-state index in [0.717, 1.165) is 83.7 Å². The van der Waals surface area contributed by atoms with Crippen molar-refractivity contribution in [3.05, 3.63) is 182 Å². The summed E-state index contributed by atoms with van der Waals surface area (Å²) in [5.41, 5.74) is 20.7. The fourth-order valence-electron chi connectivity index (χ4n) is 7.56. The lowest BCUT2D eigenvalue weighted by Crippen LogP contribution is -2.00. The van der Waals surface area contributed by atoms with Crippen molar-refractivity contribution in [3.8, 4) is 27.9 Å². The van der Waals surface area contributed by atoms with Crippen LogP contribution >= 0.6 is 0 Å². The zero-order valence-corrected chi connectivity index (χ0v) is 28.8. The molecule has 0 amide bonds. The van der Waals surface area contributed by atoms with Crippen LogP contribution in [0.4, 0.5) is 28.4 Å². The number of benzene rings is 8. The highest BCUT2D eigenvalue weighted by atomic mass is 16.3. The van der Waals surface area contributed by atoms with Crippen LogP contribution in [0.3, 0.4) is 0 Å². The van der Waals surface area contributed by atoms with Gasteiger partial charge in [0.1, 0.15) is 11.2 Å². The van der Waals surface area contributed by atoms with E-state index in [1.165, 1.54) is 10.8 Å². The van der Waals surface area contributed by atoms with E-state index in [9.17, 15) is 0 Å². The first-order chi connectivity index (χ1) is 26.2. The second-order valence-electron chi connectivity index (χ2n) is 13.4. The molecule has 0 aliphatic rings. The predicted molar refractivity (Wildman–Crippen MR) is 223 cm³/mol. The van der Waals surface area contributed by atoms with Crippen molar-refractivity contribution in [1.29, 1.82) is 0 Å². The van der Waals surface area contributed by atoms with Gasteiger partial charge in [-0.05, 0) is 89.5 Å². The summed E-state index contributed by atoms with van der Waals surface area (Å²) in [6, 6.07) is 63.3. The van der Waals surface area contributed by atoms with E-state index in [2.05, 4.69) is 149 Å². The average molecular weight is 683 g/mol. The van der Waals surface area contributed by atoms with Gasteiger partial charge in [0.2, 0.25) is 0 Å². The number of hydrogen-bond donors (Lipinski definition) is 3. The number of nitrogens with two attached hydrogens (primary N) is 1. The zero-order chi connectivity index (χ0) is 35.3. The molecule has 2 heterocycles. The molecule has 0 radical (unpaired) electrons. The molecule has 5 heteroatoms. The van der Waals surface area contributed by atoms with Gasteiger partial charge in [-0.25, -0.2) is 0 Å². The summed E-state index contributed by atoms with van der Waals surface area (Å²) in [5, 5.41) is 11.8. The molecule has 0 aliphatic carbocycles. The maximum atomic E-state index is 6.55. The lowest BCUT2D eigenvalue weighted by Gasteiger charge is -2.16. The van der Waals surface area contributed by atoms with Crippen molar-refractivity contribution in [1.82, 2.24) is 4.57 Å². The van der Waals surface area contributed by atoms with Crippen molar-refractivity contribution < 1.29 is 4.42 Å². The molecule has 252 valence electrons. The highest BCUT2D eigenvalue weighted by molar-refractivity contribution is 6.11. The zero-order valence-electron chi connectivity index (χ0n) is 28.8. The molecule has 0 aliphatic heterocycles. The van der Waals surface area contributed by atoms with Crippen molar-refractivity contribution in [2.75, 3.05) is 16.4 Å². The second-order valence-corrected chi connectivity index (χ2v) is 13.4. The Labute approximate surface area is 306 Å². The Bertz CT molecular complexity index is 2960. The first kappa shape index (κ1) is 30.6. The molecule has 0 atom stereocenters. The summed E-state index contributed by atoms with van der Waals surface area (Å²) in [5.74, 6) is 0. The van der Waals surface area contributed by atoms with Crippen molar-refractivity contribution >= 4 is 72.2 Å². The van der Waals surface area contributed by atoms with Crippen LogP contribution < -0.4 is 16.4 Å². The molecule has 10 rings (SSSR count). The highest BCUT2D eigenvalue weighted by Gasteiger charge is 2.16. The molecule has 53 heavy (non-hydrogen) atoms. The SMILES string of the molecule is Nc1ccc(-c2ccc3c(c2)c2ccccc2n3-c2ccc(-c3cccc4c3oc3ccccc34)cc2)cc1Nc1ccccc1Nc1ccccc1. The number of rotatable bonds is 7. The maximum absolute atomic E-state index is 6.55. The molecule has 0 fully saturated rings. The van der Waals surface area contributed by atoms with Crippen molar-refractivity contribution in [2.24, 2.45) is 0 Å². The molecule has 4 N–H and O–H groups in total. The topological polar surface area (TPSA) is 68.2 Å². The monoisotopic (exact) mass is 682 g/mol.